The number of rotatable bonds is 6. The Morgan fingerprint density at radius 2 is 1.79 bits per heavy atom. The Kier molecular flexibility index (Phi) is 6.04. The van der Waals surface area contributed by atoms with Crippen LogP contribution in [0.25, 0.3) is 5.69 Å². The van der Waals surface area contributed by atoms with E-state index < -0.39 is 41.9 Å². The number of amides is 1. The summed E-state index contributed by atoms with van der Waals surface area (Å²) in [5.74, 6) is 0.0000107. The van der Waals surface area contributed by atoms with Crippen LogP contribution in [0.3, 0.4) is 0 Å². The molecule has 2 fully saturated rings. The Balaban J connectivity index is 1.11. The molecule has 2 aromatic carbocycles. The smallest absolute Gasteiger partial charge is 0.416 e. The number of benzene rings is 2. The van der Waals surface area contributed by atoms with Gasteiger partial charge in [0.25, 0.3) is 5.91 Å². The maximum atomic E-state index is 12.8. The van der Waals surface area contributed by atoms with Gasteiger partial charge in [0.05, 0.1) is 31.1 Å². The molecule has 2 aromatic heterocycles. The minimum Gasteiger partial charge on any atom is -0.423 e. The lowest BCUT2D eigenvalue weighted by atomic mass is 10.1. The number of carbonyl (C=O) groups is 1. The molecule has 11 nitrogen and oxygen atoms in total. The Hall–Kier alpha value is -4.30. The highest BCUT2D eigenvalue weighted by molar-refractivity contribution is 5.94. The molecule has 2 aliphatic heterocycles. The highest BCUT2D eigenvalue weighted by Crippen LogP contribution is 2.36. The largest absolute Gasteiger partial charge is 0.423 e. The molecule has 2 saturated heterocycles. The summed E-state index contributed by atoms with van der Waals surface area (Å²) in [7, 11) is 0. The number of imidazole rings is 1. The first kappa shape index (κ1) is 24.1. The van der Waals surface area contributed by atoms with Crippen molar-refractivity contribution in [3.63, 3.8) is 0 Å². The quantitative estimate of drug-likeness (QED) is 0.407. The number of hydrogen-bond acceptors (Lipinski definition) is 8. The van der Waals surface area contributed by atoms with Crippen LogP contribution in [0, 0.1) is 0 Å². The standard InChI is InChI=1S/C24H20F3N7O4/c25-24(26,27)15-3-1-14(2-4-15)22(35)29-18-11-36-21-19(12-37-20(18)21)34-23(30-31-32-34)38-17-7-5-16(6-8-17)33-10-9-28-13-33/h1-10,13,18-21H,11-12H2,(H,29,35)/t18-,19-,20+,21+/m0/s1. The summed E-state index contributed by atoms with van der Waals surface area (Å²) in [6.45, 7) is 0.370. The molecule has 0 aliphatic carbocycles. The van der Waals surface area contributed by atoms with Gasteiger partial charge in [0, 0.05) is 23.6 Å². The van der Waals surface area contributed by atoms with Gasteiger partial charge >= 0.3 is 12.2 Å². The first-order valence-electron chi connectivity index (χ1n) is 11.6. The predicted molar refractivity (Wildman–Crippen MR) is 123 cm³/mol. The van der Waals surface area contributed by atoms with Crippen molar-refractivity contribution in [1.29, 1.82) is 0 Å². The monoisotopic (exact) mass is 527 g/mol. The number of halogens is 3. The van der Waals surface area contributed by atoms with Crippen LogP contribution in [-0.2, 0) is 15.7 Å². The summed E-state index contributed by atoms with van der Waals surface area (Å²) in [6, 6.07) is 10.5. The molecular formula is C24H20F3N7O4. The van der Waals surface area contributed by atoms with E-state index in [1.807, 2.05) is 22.9 Å². The van der Waals surface area contributed by atoms with Gasteiger partial charge in [0.2, 0.25) is 0 Å². The number of alkyl halides is 3. The third kappa shape index (κ3) is 4.59. The average Bonchev–Trinajstić information content (AvgIpc) is 3.71. The van der Waals surface area contributed by atoms with Crippen LogP contribution in [0.15, 0.2) is 67.3 Å². The van der Waals surface area contributed by atoms with Gasteiger partial charge in [-0.05, 0) is 59.0 Å². The Morgan fingerprint density at radius 1 is 1.03 bits per heavy atom. The molecule has 0 bridgehead atoms. The molecule has 1 N–H and O–H groups in total. The van der Waals surface area contributed by atoms with Crippen LogP contribution in [0.5, 0.6) is 11.8 Å². The van der Waals surface area contributed by atoms with Crippen molar-refractivity contribution >= 4 is 5.91 Å². The topological polar surface area (TPSA) is 118 Å². The normalized spacial score (nSPS) is 22.8. The molecule has 4 heterocycles. The number of tetrazole rings is 1. The molecule has 196 valence electrons. The van der Waals surface area contributed by atoms with Crippen molar-refractivity contribution in [2.45, 2.75) is 30.5 Å². The zero-order valence-electron chi connectivity index (χ0n) is 19.5. The van der Waals surface area contributed by atoms with E-state index in [2.05, 4.69) is 25.8 Å². The Labute approximate surface area is 213 Å². The van der Waals surface area contributed by atoms with Gasteiger partial charge in [-0.25, -0.2) is 4.98 Å². The molecule has 0 spiro atoms. The van der Waals surface area contributed by atoms with Crippen molar-refractivity contribution in [3.05, 3.63) is 78.4 Å². The summed E-state index contributed by atoms with van der Waals surface area (Å²) < 4.78 is 59.5. The van der Waals surface area contributed by atoms with E-state index in [1.54, 1.807) is 24.7 Å². The van der Waals surface area contributed by atoms with E-state index in [1.165, 1.54) is 4.68 Å². The van der Waals surface area contributed by atoms with E-state index in [0.29, 0.717) is 5.75 Å². The Bertz CT molecular complexity index is 1410. The van der Waals surface area contributed by atoms with Crippen molar-refractivity contribution in [2.24, 2.45) is 0 Å². The summed E-state index contributed by atoms with van der Waals surface area (Å²) in [5, 5.41) is 14.6. The molecule has 0 unspecified atom stereocenters. The number of ether oxygens (including phenoxy) is 3. The summed E-state index contributed by atoms with van der Waals surface area (Å²) in [4.78, 5) is 16.7. The zero-order valence-corrected chi connectivity index (χ0v) is 19.5. The molecule has 0 saturated carbocycles. The minimum absolute atomic E-state index is 0.103. The number of carbonyl (C=O) groups excluding carboxylic acids is 1. The van der Waals surface area contributed by atoms with Gasteiger partial charge in [0.15, 0.2) is 0 Å². The van der Waals surface area contributed by atoms with E-state index in [0.717, 1.165) is 30.0 Å². The number of nitrogens with zero attached hydrogens (tertiary/aromatic N) is 6. The van der Waals surface area contributed by atoms with Gasteiger partial charge in [0.1, 0.15) is 24.0 Å². The molecule has 2 aliphatic rings. The second kappa shape index (κ2) is 9.54. The molecule has 4 aromatic rings. The van der Waals surface area contributed by atoms with Gasteiger partial charge < -0.3 is 24.1 Å². The maximum absolute atomic E-state index is 12.8. The second-order valence-corrected chi connectivity index (χ2v) is 8.79. The number of hydrogen-bond donors (Lipinski definition) is 1. The van der Waals surface area contributed by atoms with Crippen molar-refractivity contribution in [2.75, 3.05) is 13.2 Å². The fourth-order valence-corrected chi connectivity index (χ4v) is 4.54. The van der Waals surface area contributed by atoms with Crippen molar-refractivity contribution in [3.8, 4) is 17.4 Å². The van der Waals surface area contributed by atoms with Crippen LogP contribution in [0.2, 0.25) is 0 Å². The Morgan fingerprint density at radius 3 is 2.50 bits per heavy atom. The molecule has 1 amide bonds. The average molecular weight is 527 g/mol. The van der Waals surface area contributed by atoms with Gasteiger partial charge in [-0.1, -0.05) is 5.10 Å². The van der Waals surface area contributed by atoms with E-state index in [4.69, 9.17) is 14.2 Å². The lowest BCUT2D eigenvalue weighted by molar-refractivity contribution is -0.137. The zero-order chi connectivity index (χ0) is 26.3. The highest BCUT2D eigenvalue weighted by atomic mass is 19.4. The number of fused-ring (bicyclic) bond motifs is 1. The fourth-order valence-electron chi connectivity index (χ4n) is 4.54. The van der Waals surface area contributed by atoms with Crippen LogP contribution >= 0.6 is 0 Å². The fraction of sp³-hybridized carbons (Fsp3) is 0.292. The van der Waals surface area contributed by atoms with Crippen LogP contribution < -0.4 is 10.1 Å². The van der Waals surface area contributed by atoms with Crippen molar-refractivity contribution in [1.82, 2.24) is 35.1 Å². The lowest BCUT2D eigenvalue weighted by Gasteiger charge is -2.18. The summed E-state index contributed by atoms with van der Waals surface area (Å²) in [5.41, 5.74) is 0.185. The number of nitrogens with one attached hydrogen (secondary N) is 1. The molecule has 0 radical (unpaired) electrons. The third-order valence-corrected chi connectivity index (χ3v) is 6.44. The van der Waals surface area contributed by atoms with Crippen molar-refractivity contribution < 1.29 is 32.2 Å². The second-order valence-electron chi connectivity index (χ2n) is 8.79. The van der Waals surface area contributed by atoms with Crippen LogP contribution in [0.1, 0.15) is 22.0 Å². The molecule has 14 heteroatoms. The first-order chi connectivity index (χ1) is 18.4. The lowest BCUT2D eigenvalue weighted by Crippen LogP contribution is -2.44. The van der Waals surface area contributed by atoms with Crippen LogP contribution in [0.4, 0.5) is 13.2 Å². The van der Waals surface area contributed by atoms with Gasteiger partial charge in [-0.2, -0.15) is 17.9 Å². The van der Waals surface area contributed by atoms with E-state index in [9.17, 15) is 18.0 Å². The van der Waals surface area contributed by atoms with Crippen LogP contribution in [-0.4, -0.2) is 67.1 Å². The first-order valence-corrected chi connectivity index (χ1v) is 11.6. The summed E-state index contributed by atoms with van der Waals surface area (Å²) in [6.07, 6.45) is -0.240. The van der Waals surface area contributed by atoms with E-state index >= 15 is 0 Å². The molecular weight excluding hydrogens is 507 g/mol. The van der Waals surface area contributed by atoms with Gasteiger partial charge in [-0.3, -0.25) is 4.79 Å². The van der Waals surface area contributed by atoms with Gasteiger partial charge in [-0.15, -0.1) is 0 Å². The minimum atomic E-state index is -4.48. The molecule has 4 atom stereocenters. The maximum Gasteiger partial charge on any atom is 0.416 e. The SMILES string of the molecule is O=C(N[C@H]1CO[C@H]2[C@@H]1OC[C@@H]2n1nnnc1Oc1ccc(-n2ccnc2)cc1)c1ccc(C(F)(F)F)cc1. The summed E-state index contributed by atoms with van der Waals surface area (Å²) >= 11 is 0. The van der Waals surface area contributed by atoms with E-state index in [-0.39, 0.29) is 24.8 Å². The highest BCUT2D eigenvalue weighted by Gasteiger charge is 2.50. The third-order valence-electron chi connectivity index (χ3n) is 6.44. The predicted octanol–water partition coefficient (Wildman–Crippen LogP) is 2.81. The number of aromatic nitrogens is 6. The molecule has 38 heavy (non-hydrogen) atoms. The molecule has 6 rings (SSSR count).